The maximum atomic E-state index is 12.9. The zero-order valence-electron chi connectivity index (χ0n) is 14.7. The molecule has 1 aromatic heterocycles. The normalized spacial score (nSPS) is 21.3. The molecule has 0 bridgehead atoms. The molecule has 2 saturated heterocycles. The minimum absolute atomic E-state index is 0.0128. The fourth-order valence-electron chi connectivity index (χ4n) is 3.72. The maximum absolute atomic E-state index is 12.9. The Balaban J connectivity index is 1.68. The Bertz CT molecular complexity index is 609. The van der Waals surface area contributed by atoms with Gasteiger partial charge < -0.3 is 4.90 Å². The van der Waals surface area contributed by atoms with Crippen molar-refractivity contribution in [3.8, 4) is 0 Å². The highest BCUT2D eigenvalue weighted by Gasteiger charge is 2.56. The largest absolute Gasteiger partial charge is 0.327 e. The van der Waals surface area contributed by atoms with Crippen molar-refractivity contribution in [3.63, 3.8) is 0 Å². The predicted octanol–water partition coefficient (Wildman–Crippen LogP) is 1.97. The first kappa shape index (κ1) is 16.9. The number of carbonyl (C=O) groups is 2. The highest BCUT2D eigenvalue weighted by atomic mass is 16.2. The second kappa shape index (κ2) is 6.51. The van der Waals surface area contributed by atoms with Crippen LogP contribution in [0, 0.1) is 5.92 Å². The van der Waals surface area contributed by atoms with Gasteiger partial charge in [0.1, 0.15) is 5.54 Å². The number of amides is 3. The Morgan fingerprint density at radius 2 is 1.92 bits per heavy atom. The molecule has 0 radical (unpaired) electrons. The minimum atomic E-state index is -0.646. The van der Waals surface area contributed by atoms with Crippen molar-refractivity contribution in [3.05, 3.63) is 30.1 Å². The monoisotopic (exact) mass is 330 g/mol. The van der Waals surface area contributed by atoms with E-state index in [2.05, 4.69) is 9.88 Å². The van der Waals surface area contributed by atoms with E-state index in [4.69, 9.17) is 0 Å². The summed E-state index contributed by atoms with van der Waals surface area (Å²) < 4.78 is 0. The van der Waals surface area contributed by atoms with Gasteiger partial charge in [-0.15, -0.1) is 0 Å². The van der Waals surface area contributed by atoms with E-state index in [1.165, 1.54) is 4.90 Å². The highest BCUT2D eigenvalue weighted by Crippen LogP contribution is 2.36. The van der Waals surface area contributed by atoms with Crippen LogP contribution in [0.1, 0.15) is 32.4 Å². The summed E-state index contributed by atoms with van der Waals surface area (Å²) in [5.41, 5.74) is 0.393. The van der Waals surface area contributed by atoms with Gasteiger partial charge in [-0.1, -0.05) is 19.9 Å². The van der Waals surface area contributed by atoms with Crippen LogP contribution in [0.3, 0.4) is 0 Å². The number of imide groups is 1. The third-order valence-electron chi connectivity index (χ3n) is 5.15. The number of hydrogen-bond donors (Lipinski definition) is 0. The van der Waals surface area contributed by atoms with Crippen molar-refractivity contribution < 1.29 is 9.59 Å². The van der Waals surface area contributed by atoms with Gasteiger partial charge in [-0.2, -0.15) is 0 Å². The van der Waals surface area contributed by atoms with Crippen molar-refractivity contribution in [1.29, 1.82) is 0 Å². The van der Waals surface area contributed by atoms with Crippen molar-refractivity contribution in [2.24, 2.45) is 5.92 Å². The van der Waals surface area contributed by atoms with Crippen molar-refractivity contribution in [1.82, 2.24) is 19.7 Å². The molecule has 0 atom stereocenters. The molecular formula is C18H26N4O2. The first-order valence-electron chi connectivity index (χ1n) is 8.66. The van der Waals surface area contributed by atoms with Crippen molar-refractivity contribution in [2.45, 2.75) is 38.8 Å². The molecule has 24 heavy (non-hydrogen) atoms. The molecule has 1 spiro atoms. The maximum Gasteiger partial charge on any atom is 0.327 e. The van der Waals surface area contributed by atoms with Crippen LogP contribution in [0.15, 0.2) is 24.4 Å². The third kappa shape index (κ3) is 2.90. The number of pyridine rings is 1. The van der Waals surface area contributed by atoms with Gasteiger partial charge in [-0.3, -0.25) is 19.6 Å². The van der Waals surface area contributed by atoms with E-state index in [9.17, 15) is 9.59 Å². The van der Waals surface area contributed by atoms with Crippen LogP contribution in [0.2, 0.25) is 0 Å². The fraction of sp³-hybridized carbons (Fsp3) is 0.611. The lowest BCUT2D eigenvalue weighted by atomic mass is 9.86. The summed E-state index contributed by atoms with van der Waals surface area (Å²) in [7, 11) is 1.77. The Hall–Kier alpha value is -1.95. The van der Waals surface area contributed by atoms with Crippen molar-refractivity contribution in [2.75, 3.05) is 26.7 Å². The van der Waals surface area contributed by atoms with E-state index in [0.29, 0.717) is 19.4 Å². The molecule has 0 saturated carbocycles. The molecule has 3 rings (SSSR count). The third-order valence-corrected chi connectivity index (χ3v) is 5.15. The van der Waals surface area contributed by atoms with Gasteiger partial charge in [0.25, 0.3) is 5.91 Å². The molecule has 6 nitrogen and oxygen atoms in total. The average molecular weight is 330 g/mol. The van der Waals surface area contributed by atoms with Crippen LogP contribution < -0.4 is 0 Å². The van der Waals surface area contributed by atoms with Crippen molar-refractivity contribution >= 4 is 11.9 Å². The Morgan fingerprint density at radius 1 is 1.21 bits per heavy atom. The number of urea groups is 1. The number of hydrogen-bond acceptors (Lipinski definition) is 4. The lowest BCUT2D eigenvalue weighted by molar-refractivity contribution is -0.135. The minimum Gasteiger partial charge on any atom is -0.312 e. The van der Waals surface area contributed by atoms with Gasteiger partial charge in [0, 0.05) is 39.4 Å². The number of aromatic nitrogens is 1. The molecule has 0 N–H and O–H groups in total. The van der Waals surface area contributed by atoms with E-state index < -0.39 is 5.54 Å². The first-order chi connectivity index (χ1) is 11.4. The number of rotatable bonds is 4. The van der Waals surface area contributed by atoms with E-state index in [0.717, 1.165) is 25.3 Å². The lowest BCUT2D eigenvalue weighted by Gasteiger charge is -2.40. The first-order valence-corrected chi connectivity index (χ1v) is 8.66. The van der Waals surface area contributed by atoms with Gasteiger partial charge in [0.2, 0.25) is 0 Å². The summed E-state index contributed by atoms with van der Waals surface area (Å²) in [6.07, 6.45) is 3.18. The predicted molar refractivity (Wildman–Crippen MR) is 91.2 cm³/mol. The standard InChI is InChI=1S/C18H26N4O2/c1-14(2)12-22-16(23)18(20(3)17(22)24)7-10-21(11-8-18)13-15-6-4-5-9-19-15/h4-6,9,14H,7-8,10-13H2,1-3H3. The van der Waals surface area contributed by atoms with Gasteiger partial charge in [0.05, 0.1) is 5.69 Å². The number of likely N-dealkylation sites (tertiary alicyclic amines) is 1. The molecule has 3 heterocycles. The fourth-order valence-corrected chi connectivity index (χ4v) is 3.72. The van der Waals surface area contributed by atoms with Gasteiger partial charge in [0.15, 0.2) is 0 Å². The quantitative estimate of drug-likeness (QED) is 0.792. The Labute approximate surface area is 143 Å². The van der Waals surface area contributed by atoms with Gasteiger partial charge in [-0.05, 0) is 30.9 Å². The van der Waals surface area contributed by atoms with Crippen LogP contribution >= 0.6 is 0 Å². The van der Waals surface area contributed by atoms with Crippen LogP contribution in [0.4, 0.5) is 4.79 Å². The molecule has 130 valence electrons. The molecule has 0 aliphatic carbocycles. The number of carbonyl (C=O) groups excluding carboxylic acids is 2. The summed E-state index contributed by atoms with van der Waals surface area (Å²) in [6.45, 7) is 6.95. The number of likely N-dealkylation sites (N-methyl/N-ethyl adjacent to an activating group) is 1. The molecular weight excluding hydrogens is 304 g/mol. The van der Waals surface area contributed by atoms with Crippen LogP contribution in [-0.4, -0.2) is 63.8 Å². The zero-order valence-corrected chi connectivity index (χ0v) is 14.7. The number of nitrogens with zero attached hydrogens (tertiary/aromatic N) is 4. The topological polar surface area (TPSA) is 56.8 Å². The Kier molecular flexibility index (Phi) is 4.58. The van der Waals surface area contributed by atoms with E-state index in [1.807, 2.05) is 32.0 Å². The highest BCUT2D eigenvalue weighted by molar-refractivity contribution is 6.07. The van der Waals surface area contributed by atoms with E-state index in [-0.39, 0.29) is 17.9 Å². The molecule has 0 aromatic carbocycles. The lowest BCUT2D eigenvalue weighted by Crippen LogP contribution is -2.55. The SMILES string of the molecule is CC(C)CN1C(=O)N(C)C2(CCN(Cc3ccccn3)CC2)C1=O. The molecule has 1 aromatic rings. The molecule has 3 amide bonds. The summed E-state index contributed by atoms with van der Waals surface area (Å²) in [5.74, 6) is 0.270. The van der Waals surface area contributed by atoms with Crippen LogP contribution in [0.25, 0.3) is 0 Å². The summed E-state index contributed by atoms with van der Waals surface area (Å²) in [5, 5.41) is 0. The zero-order chi connectivity index (χ0) is 17.3. The Morgan fingerprint density at radius 3 is 2.50 bits per heavy atom. The van der Waals surface area contributed by atoms with Gasteiger partial charge >= 0.3 is 6.03 Å². The average Bonchev–Trinajstić information content (AvgIpc) is 2.74. The molecule has 0 unspecified atom stereocenters. The molecule has 2 fully saturated rings. The van der Waals surface area contributed by atoms with Crippen LogP contribution in [0.5, 0.6) is 0 Å². The second-order valence-corrected chi connectivity index (χ2v) is 7.28. The summed E-state index contributed by atoms with van der Waals surface area (Å²) in [6, 6.07) is 5.78. The number of piperidine rings is 1. The second-order valence-electron chi connectivity index (χ2n) is 7.28. The van der Waals surface area contributed by atoms with E-state index in [1.54, 1.807) is 18.1 Å². The molecule has 2 aliphatic rings. The van der Waals surface area contributed by atoms with E-state index >= 15 is 0 Å². The smallest absolute Gasteiger partial charge is 0.312 e. The molecule has 6 heteroatoms. The van der Waals surface area contributed by atoms with Gasteiger partial charge in [-0.25, -0.2) is 4.79 Å². The summed E-state index contributed by atoms with van der Waals surface area (Å²) >= 11 is 0. The summed E-state index contributed by atoms with van der Waals surface area (Å²) in [4.78, 5) is 35.2. The molecule has 2 aliphatic heterocycles. The van der Waals surface area contributed by atoms with Crippen LogP contribution in [-0.2, 0) is 11.3 Å².